The van der Waals surface area contributed by atoms with Gasteiger partial charge in [0.2, 0.25) is 0 Å². The van der Waals surface area contributed by atoms with Crippen LogP contribution in [0.1, 0.15) is 28.3 Å². The van der Waals surface area contributed by atoms with E-state index in [4.69, 9.17) is 9.47 Å². The summed E-state index contributed by atoms with van der Waals surface area (Å²) in [6, 6.07) is 8.97. The average Bonchev–Trinajstić information content (AvgIpc) is 2.66. The second kappa shape index (κ2) is 8.41. The fourth-order valence-electron chi connectivity index (χ4n) is 3.37. The van der Waals surface area contributed by atoms with Gasteiger partial charge in [-0.25, -0.2) is 0 Å². The molecule has 0 radical (unpaired) electrons. The third kappa shape index (κ3) is 4.59. The molecule has 1 N–H and O–H groups in total. The highest BCUT2D eigenvalue weighted by Gasteiger charge is 2.32. The van der Waals surface area contributed by atoms with Crippen LogP contribution in [-0.4, -0.2) is 45.8 Å². The summed E-state index contributed by atoms with van der Waals surface area (Å²) in [6.07, 6.45) is -3.59. The fraction of sp³-hybridized carbons (Fsp3) is 0.429. The normalized spacial score (nSPS) is 16.8. The van der Waals surface area contributed by atoms with Crippen molar-refractivity contribution in [1.82, 2.24) is 10.2 Å². The van der Waals surface area contributed by atoms with E-state index in [9.17, 15) is 13.2 Å². The van der Waals surface area contributed by atoms with Gasteiger partial charge in [-0.15, -0.1) is 0 Å². The molecule has 0 fully saturated rings. The molecule has 1 unspecified atom stereocenters. The first-order valence-electron chi connectivity index (χ1n) is 9.18. The third-order valence-electron chi connectivity index (χ3n) is 4.82. The lowest BCUT2D eigenvalue weighted by Crippen LogP contribution is -2.31. The van der Waals surface area contributed by atoms with Crippen molar-refractivity contribution in [2.24, 2.45) is 0 Å². The third-order valence-corrected chi connectivity index (χ3v) is 4.82. The van der Waals surface area contributed by atoms with Crippen LogP contribution in [0, 0.1) is 0 Å². The van der Waals surface area contributed by atoms with Gasteiger partial charge in [0, 0.05) is 13.1 Å². The molecule has 0 saturated heterocycles. The molecule has 0 aromatic heterocycles. The Morgan fingerprint density at radius 3 is 2.61 bits per heavy atom. The fourth-order valence-corrected chi connectivity index (χ4v) is 3.37. The lowest BCUT2D eigenvalue weighted by Gasteiger charge is -2.29. The van der Waals surface area contributed by atoms with E-state index in [0.29, 0.717) is 30.2 Å². The Labute approximate surface area is 163 Å². The van der Waals surface area contributed by atoms with Gasteiger partial charge in [0.15, 0.2) is 11.5 Å². The quantitative estimate of drug-likeness (QED) is 0.806. The first-order valence-corrected chi connectivity index (χ1v) is 9.18. The second-order valence-corrected chi connectivity index (χ2v) is 7.11. The second-order valence-electron chi connectivity index (χ2n) is 7.11. The van der Waals surface area contributed by atoms with E-state index in [1.807, 2.05) is 31.1 Å². The van der Waals surface area contributed by atoms with Crippen LogP contribution in [0.4, 0.5) is 13.2 Å². The van der Waals surface area contributed by atoms with Gasteiger partial charge in [0.25, 0.3) is 0 Å². The van der Waals surface area contributed by atoms with Gasteiger partial charge in [-0.3, -0.25) is 0 Å². The van der Waals surface area contributed by atoms with Gasteiger partial charge in [0.05, 0.1) is 18.7 Å². The summed E-state index contributed by atoms with van der Waals surface area (Å²) in [5.74, 6) is 1.24. The van der Waals surface area contributed by atoms with Crippen LogP contribution in [0.3, 0.4) is 0 Å². The number of alkyl halides is 3. The molecule has 1 aliphatic rings. The maximum Gasteiger partial charge on any atom is 0.416 e. The molecule has 1 aliphatic heterocycles. The van der Waals surface area contributed by atoms with E-state index < -0.39 is 11.7 Å². The van der Waals surface area contributed by atoms with Crippen molar-refractivity contribution in [3.05, 3.63) is 58.7 Å². The Bertz CT molecular complexity index is 822. The Morgan fingerprint density at radius 2 is 1.93 bits per heavy atom. The van der Waals surface area contributed by atoms with Crippen LogP contribution in [0.5, 0.6) is 11.5 Å². The van der Waals surface area contributed by atoms with Gasteiger partial charge in [-0.1, -0.05) is 12.1 Å². The molecular formula is C21H25F3N2O2. The van der Waals surface area contributed by atoms with Gasteiger partial charge in [0.1, 0.15) is 6.61 Å². The topological polar surface area (TPSA) is 33.7 Å². The monoisotopic (exact) mass is 394 g/mol. The number of nitrogens with one attached hydrogen (secondary N) is 1. The van der Waals surface area contributed by atoms with Crippen molar-refractivity contribution in [3.63, 3.8) is 0 Å². The summed E-state index contributed by atoms with van der Waals surface area (Å²) < 4.78 is 50.8. The number of hydrogen-bond acceptors (Lipinski definition) is 4. The highest BCUT2D eigenvalue weighted by molar-refractivity contribution is 5.52. The van der Waals surface area contributed by atoms with Crippen molar-refractivity contribution in [2.75, 3.05) is 40.9 Å². The largest absolute Gasteiger partial charge is 0.493 e. The Morgan fingerprint density at radius 1 is 1.14 bits per heavy atom. The number of fused-ring (bicyclic) bond motifs is 1. The molecular weight excluding hydrogens is 369 g/mol. The van der Waals surface area contributed by atoms with Crippen LogP contribution in [0.25, 0.3) is 0 Å². The number of benzene rings is 2. The lowest BCUT2D eigenvalue weighted by atomic mass is 9.88. The molecule has 152 valence electrons. The summed E-state index contributed by atoms with van der Waals surface area (Å²) in [5, 5.41) is 3.34. The lowest BCUT2D eigenvalue weighted by molar-refractivity contribution is -0.137. The van der Waals surface area contributed by atoms with Crippen molar-refractivity contribution in [2.45, 2.75) is 18.6 Å². The van der Waals surface area contributed by atoms with Crippen LogP contribution >= 0.6 is 0 Å². The highest BCUT2D eigenvalue weighted by atomic mass is 19.4. The number of methoxy groups -OCH3 is 1. The molecule has 1 atom stereocenters. The minimum absolute atomic E-state index is 0.326. The van der Waals surface area contributed by atoms with Crippen molar-refractivity contribution in [3.8, 4) is 11.5 Å². The molecule has 7 heteroatoms. The minimum atomic E-state index is -4.37. The van der Waals surface area contributed by atoms with E-state index in [1.165, 1.54) is 12.1 Å². The number of ether oxygens (including phenoxy) is 2. The molecule has 3 rings (SSSR count). The summed E-state index contributed by atoms with van der Waals surface area (Å²) >= 11 is 0. The van der Waals surface area contributed by atoms with Crippen molar-refractivity contribution >= 4 is 0 Å². The molecule has 0 saturated carbocycles. The summed E-state index contributed by atoms with van der Waals surface area (Å²) in [5.41, 5.74) is 1.92. The number of nitrogens with zero attached hydrogens (tertiary/aromatic N) is 1. The standard InChI is InChI=1S/C21H25F3N2O2/c1-26(2)9-10-28-19-13-17-14(12-18(19)27-3)7-8-25-20(17)15-5-4-6-16(11-15)21(22,23)24/h4-6,11-13,20,25H,7-10H2,1-3H3. The van der Waals surface area contributed by atoms with Gasteiger partial charge in [-0.05, 0) is 61.5 Å². The van der Waals surface area contributed by atoms with Gasteiger partial charge in [-0.2, -0.15) is 13.2 Å². The van der Waals surface area contributed by atoms with Crippen molar-refractivity contribution in [1.29, 1.82) is 0 Å². The number of rotatable bonds is 6. The smallest absolute Gasteiger partial charge is 0.416 e. The zero-order valence-electron chi connectivity index (χ0n) is 16.3. The minimum Gasteiger partial charge on any atom is -0.493 e. The number of likely N-dealkylation sites (N-methyl/N-ethyl adjacent to an activating group) is 1. The van der Waals surface area contributed by atoms with E-state index in [0.717, 1.165) is 30.2 Å². The van der Waals surface area contributed by atoms with Gasteiger partial charge >= 0.3 is 6.18 Å². The number of halogens is 3. The highest BCUT2D eigenvalue weighted by Crippen LogP contribution is 2.39. The molecule has 1 heterocycles. The van der Waals surface area contributed by atoms with Crippen LogP contribution < -0.4 is 14.8 Å². The maximum absolute atomic E-state index is 13.1. The molecule has 2 aromatic rings. The predicted molar refractivity (Wildman–Crippen MR) is 102 cm³/mol. The van der Waals surface area contributed by atoms with E-state index in [-0.39, 0.29) is 6.04 Å². The SMILES string of the molecule is COc1cc2c(cc1OCCN(C)C)C(c1cccc(C(F)(F)F)c1)NCC2. The summed E-state index contributed by atoms with van der Waals surface area (Å²) in [7, 11) is 5.51. The zero-order chi connectivity index (χ0) is 20.3. The first kappa shape index (κ1) is 20.5. The molecule has 28 heavy (non-hydrogen) atoms. The first-order chi connectivity index (χ1) is 13.3. The molecule has 0 bridgehead atoms. The van der Waals surface area contributed by atoms with E-state index in [1.54, 1.807) is 13.2 Å². The zero-order valence-corrected chi connectivity index (χ0v) is 16.3. The van der Waals surface area contributed by atoms with Gasteiger partial charge < -0.3 is 19.7 Å². The average molecular weight is 394 g/mol. The predicted octanol–water partition coefficient (Wildman–Crippen LogP) is 3.89. The van der Waals surface area contributed by atoms with Crippen LogP contribution in [0.15, 0.2) is 36.4 Å². The van der Waals surface area contributed by atoms with Crippen LogP contribution in [-0.2, 0) is 12.6 Å². The summed E-state index contributed by atoms with van der Waals surface area (Å²) in [6.45, 7) is 1.91. The Kier molecular flexibility index (Phi) is 6.15. The maximum atomic E-state index is 13.1. The molecule has 2 aromatic carbocycles. The van der Waals surface area contributed by atoms with Crippen molar-refractivity contribution < 1.29 is 22.6 Å². The molecule has 0 amide bonds. The molecule has 0 spiro atoms. The summed E-state index contributed by atoms with van der Waals surface area (Å²) in [4.78, 5) is 2.01. The molecule has 4 nitrogen and oxygen atoms in total. The van der Waals surface area contributed by atoms with Crippen LogP contribution in [0.2, 0.25) is 0 Å². The Hall–Kier alpha value is -2.25. The number of hydrogen-bond donors (Lipinski definition) is 1. The van der Waals surface area contributed by atoms with E-state index in [2.05, 4.69) is 5.32 Å². The molecule has 0 aliphatic carbocycles. The van der Waals surface area contributed by atoms with E-state index >= 15 is 0 Å². The Balaban J connectivity index is 1.96.